The predicted molar refractivity (Wildman–Crippen MR) is 73.6 cm³/mol. The number of aliphatic imine (C=N–C) groups is 1. The molecule has 0 fully saturated rings. The maximum atomic E-state index is 11.7. The monoisotopic (exact) mass is 251 g/mol. The first-order chi connectivity index (χ1) is 7.92. The van der Waals surface area contributed by atoms with E-state index in [0.717, 1.165) is 17.0 Å². The number of ether oxygens (including phenoxy) is 1. The molecule has 0 aliphatic carbocycles. The molecule has 0 bridgehead atoms. The zero-order valence-electron chi connectivity index (χ0n) is 10.5. The smallest absolute Gasteiger partial charge is 0.338 e. The SMILES string of the molecule is C[SH]=C=Nc1ccc(C(=O)OC(C)(C)C)cc1. The van der Waals surface area contributed by atoms with Gasteiger partial charge in [-0.3, -0.25) is 0 Å². The third-order valence-electron chi connectivity index (χ3n) is 1.78. The van der Waals surface area contributed by atoms with Crippen molar-refractivity contribution in [2.24, 2.45) is 4.99 Å². The molecule has 3 nitrogen and oxygen atoms in total. The molecule has 0 saturated carbocycles. The Labute approximate surface area is 105 Å². The summed E-state index contributed by atoms with van der Waals surface area (Å²) in [4.78, 5) is 15.8. The normalized spacial score (nSPS) is 10.6. The Balaban J connectivity index is 2.81. The third kappa shape index (κ3) is 4.98. The van der Waals surface area contributed by atoms with Crippen molar-refractivity contribution in [1.29, 1.82) is 0 Å². The minimum atomic E-state index is -0.469. The lowest BCUT2D eigenvalue weighted by Gasteiger charge is -2.19. The average Bonchev–Trinajstić information content (AvgIpc) is 2.24. The summed E-state index contributed by atoms with van der Waals surface area (Å²) in [5.41, 5.74) is 0.850. The highest BCUT2D eigenvalue weighted by molar-refractivity contribution is 7.96. The zero-order chi connectivity index (χ0) is 12.9. The molecule has 0 saturated heterocycles. The molecule has 0 aliphatic heterocycles. The van der Waals surface area contributed by atoms with E-state index in [0.29, 0.717) is 5.56 Å². The molecule has 0 spiro atoms. The van der Waals surface area contributed by atoms with Crippen LogP contribution in [-0.2, 0) is 4.74 Å². The number of nitrogens with zero attached hydrogens (tertiary/aromatic N) is 1. The van der Waals surface area contributed by atoms with E-state index < -0.39 is 5.60 Å². The third-order valence-corrected chi connectivity index (χ3v) is 2.08. The van der Waals surface area contributed by atoms with Crippen molar-refractivity contribution in [3.8, 4) is 0 Å². The van der Waals surface area contributed by atoms with E-state index in [2.05, 4.69) is 10.2 Å². The number of hydrogen-bond acceptors (Lipinski definition) is 3. The van der Waals surface area contributed by atoms with Crippen LogP contribution in [0.25, 0.3) is 0 Å². The summed E-state index contributed by atoms with van der Waals surface area (Å²) in [6, 6.07) is 6.97. The van der Waals surface area contributed by atoms with Crippen LogP contribution in [0.2, 0.25) is 0 Å². The fourth-order valence-electron chi connectivity index (χ4n) is 1.12. The Morgan fingerprint density at radius 1 is 1.29 bits per heavy atom. The highest BCUT2D eigenvalue weighted by Crippen LogP contribution is 2.16. The first-order valence-electron chi connectivity index (χ1n) is 5.30. The summed E-state index contributed by atoms with van der Waals surface area (Å²) >= 11 is 0.983. The summed E-state index contributed by atoms with van der Waals surface area (Å²) in [5.74, 6) is -0.314. The van der Waals surface area contributed by atoms with E-state index in [9.17, 15) is 4.79 Å². The van der Waals surface area contributed by atoms with Crippen LogP contribution in [0.3, 0.4) is 0 Å². The topological polar surface area (TPSA) is 38.7 Å². The number of isothiocyanates is 1. The Hall–Kier alpha value is -1.38. The van der Waals surface area contributed by atoms with Crippen molar-refractivity contribution in [2.45, 2.75) is 26.4 Å². The molecule has 4 heteroatoms. The van der Waals surface area contributed by atoms with E-state index in [1.807, 2.05) is 27.0 Å². The van der Waals surface area contributed by atoms with Crippen LogP contribution in [0, 0.1) is 0 Å². The highest BCUT2D eigenvalue weighted by Gasteiger charge is 2.17. The quantitative estimate of drug-likeness (QED) is 0.379. The summed E-state index contributed by atoms with van der Waals surface area (Å²) in [7, 11) is 0. The number of carbonyl (C=O) groups is 1. The number of rotatable bonds is 2. The molecule has 92 valence electrons. The van der Waals surface area contributed by atoms with E-state index in [-0.39, 0.29) is 5.97 Å². The number of benzene rings is 1. The molecule has 0 atom stereocenters. The first kappa shape index (κ1) is 13.7. The van der Waals surface area contributed by atoms with Gasteiger partial charge in [0.2, 0.25) is 0 Å². The van der Waals surface area contributed by atoms with E-state index in [4.69, 9.17) is 4.74 Å². The van der Waals surface area contributed by atoms with Crippen LogP contribution in [-0.4, -0.2) is 23.0 Å². The number of esters is 1. The maximum Gasteiger partial charge on any atom is 0.338 e. The lowest BCUT2D eigenvalue weighted by molar-refractivity contribution is 0.00696. The van der Waals surface area contributed by atoms with E-state index >= 15 is 0 Å². The van der Waals surface area contributed by atoms with Gasteiger partial charge in [0.25, 0.3) is 0 Å². The fourth-order valence-corrected chi connectivity index (χ4v) is 1.33. The van der Waals surface area contributed by atoms with Gasteiger partial charge in [0.1, 0.15) is 5.60 Å². The maximum absolute atomic E-state index is 11.7. The van der Waals surface area contributed by atoms with Crippen LogP contribution in [0.4, 0.5) is 5.69 Å². The van der Waals surface area contributed by atoms with Crippen LogP contribution in [0.1, 0.15) is 31.1 Å². The number of thiol groups is 1. The highest BCUT2D eigenvalue weighted by atomic mass is 32.1. The van der Waals surface area contributed by atoms with Crippen molar-refractivity contribution in [1.82, 2.24) is 0 Å². The Bertz CT molecular complexity index is 451. The van der Waals surface area contributed by atoms with Crippen molar-refractivity contribution in [2.75, 3.05) is 6.26 Å². The first-order valence-corrected chi connectivity index (χ1v) is 6.64. The second-order valence-electron chi connectivity index (χ2n) is 4.48. The van der Waals surface area contributed by atoms with E-state index in [1.165, 1.54) is 0 Å². The molecule has 1 aromatic rings. The molecule has 0 N–H and O–H groups in total. The Morgan fingerprint density at radius 3 is 2.35 bits per heavy atom. The second kappa shape index (κ2) is 5.80. The molecule has 0 radical (unpaired) electrons. The average molecular weight is 251 g/mol. The summed E-state index contributed by atoms with van der Waals surface area (Å²) < 4.78 is 5.26. The molecular weight excluding hydrogens is 234 g/mol. The second-order valence-corrected chi connectivity index (χ2v) is 5.13. The lowest BCUT2D eigenvalue weighted by Crippen LogP contribution is -2.23. The van der Waals surface area contributed by atoms with Crippen LogP contribution in [0.15, 0.2) is 29.3 Å². The fraction of sp³-hybridized carbons (Fsp3) is 0.385. The minimum absolute atomic E-state index is 0.314. The largest absolute Gasteiger partial charge is 0.456 e. The molecule has 0 aromatic heterocycles. The summed E-state index contributed by atoms with van der Waals surface area (Å²) in [5, 5.41) is 2.83. The van der Waals surface area contributed by atoms with Gasteiger partial charge in [-0.25, -0.2) is 9.79 Å². The van der Waals surface area contributed by atoms with Gasteiger partial charge in [0, 0.05) is 5.16 Å². The van der Waals surface area contributed by atoms with Crippen LogP contribution < -0.4 is 0 Å². The number of hydrogen-bond donors (Lipinski definition) is 1. The molecular formula is C13H17NO2S. The summed E-state index contributed by atoms with van der Waals surface area (Å²) in [6.07, 6.45) is 1.94. The van der Waals surface area contributed by atoms with Crippen LogP contribution in [0.5, 0.6) is 0 Å². The van der Waals surface area contributed by atoms with E-state index in [1.54, 1.807) is 24.3 Å². The Morgan fingerprint density at radius 2 is 1.88 bits per heavy atom. The van der Waals surface area contributed by atoms with Gasteiger partial charge >= 0.3 is 5.97 Å². The predicted octanol–water partition coefficient (Wildman–Crippen LogP) is 3.27. The minimum Gasteiger partial charge on any atom is -0.456 e. The van der Waals surface area contributed by atoms with Gasteiger partial charge in [-0.15, -0.1) is 11.4 Å². The van der Waals surface area contributed by atoms with Gasteiger partial charge in [-0.05, 0) is 51.3 Å². The molecule has 1 rings (SSSR count). The molecule has 0 unspecified atom stereocenters. The zero-order valence-corrected chi connectivity index (χ0v) is 11.4. The van der Waals surface area contributed by atoms with Crippen LogP contribution >= 0.6 is 11.4 Å². The van der Waals surface area contributed by atoms with Crippen molar-refractivity contribution in [3.63, 3.8) is 0 Å². The van der Waals surface area contributed by atoms with Crippen molar-refractivity contribution < 1.29 is 9.53 Å². The molecule has 1 aromatic carbocycles. The molecule has 0 heterocycles. The molecule has 0 amide bonds. The van der Waals surface area contributed by atoms with Gasteiger partial charge in [0.15, 0.2) is 0 Å². The molecule has 17 heavy (non-hydrogen) atoms. The molecule has 0 aliphatic rings. The van der Waals surface area contributed by atoms with Crippen molar-refractivity contribution >= 4 is 28.2 Å². The Kier molecular flexibility index (Phi) is 4.67. The van der Waals surface area contributed by atoms with Gasteiger partial charge in [-0.1, -0.05) is 0 Å². The number of carbonyl (C=O) groups excluding carboxylic acids is 1. The van der Waals surface area contributed by atoms with Crippen molar-refractivity contribution in [3.05, 3.63) is 29.8 Å². The van der Waals surface area contributed by atoms with Gasteiger partial charge in [-0.2, -0.15) is 0 Å². The lowest BCUT2D eigenvalue weighted by atomic mass is 10.1. The van der Waals surface area contributed by atoms with Gasteiger partial charge in [0.05, 0.1) is 11.3 Å². The standard InChI is InChI=1S/C13H17NO2S/c1-13(2,3)16-12(15)10-5-7-11(8-6-10)14-9-17-4/h5-8,17H,1-4H3. The summed E-state index contributed by atoms with van der Waals surface area (Å²) in [6.45, 7) is 5.54. The van der Waals surface area contributed by atoms with Gasteiger partial charge < -0.3 is 4.74 Å².